The van der Waals surface area contributed by atoms with Crippen LogP contribution in [0.5, 0.6) is 0 Å². The quantitative estimate of drug-likeness (QED) is 0.645. The average molecular weight is 388 g/mol. The maximum atomic E-state index is 13.1. The minimum atomic E-state index is -3.65. The lowest BCUT2D eigenvalue weighted by Gasteiger charge is -2.35. The molecule has 140 valence electrons. The Labute approximate surface area is 155 Å². The Kier molecular flexibility index (Phi) is 4.45. The molecule has 1 fully saturated rings. The van der Waals surface area contributed by atoms with Gasteiger partial charge in [0.1, 0.15) is 11.4 Å². The van der Waals surface area contributed by atoms with Crippen LogP contribution in [0.25, 0.3) is 11.0 Å². The molecule has 0 spiro atoms. The highest BCUT2D eigenvalue weighted by molar-refractivity contribution is 7.89. The number of piperazine rings is 1. The number of hydrogen-bond acceptors (Lipinski definition) is 5. The summed E-state index contributed by atoms with van der Waals surface area (Å²) >= 11 is 0. The van der Waals surface area contributed by atoms with E-state index in [1.54, 1.807) is 18.2 Å². The summed E-state index contributed by atoms with van der Waals surface area (Å²) < 4.78 is 45.5. The number of nitrogens with zero attached hydrogens (tertiary/aromatic N) is 2. The molecule has 4 rings (SSSR count). The summed E-state index contributed by atoms with van der Waals surface area (Å²) in [6, 6.07) is 13.4. The van der Waals surface area contributed by atoms with Crippen LogP contribution < -0.4 is 10.5 Å². The number of fused-ring (bicyclic) bond motifs is 1. The second kappa shape index (κ2) is 6.79. The van der Waals surface area contributed by atoms with Crippen LogP contribution in [0.3, 0.4) is 0 Å². The van der Waals surface area contributed by atoms with Crippen LogP contribution in [-0.2, 0) is 10.0 Å². The van der Waals surface area contributed by atoms with Crippen molar-refractivity contribution in [1.82, 2.24) is 4.31 Å². The Morgan fingerprint density at radius 1 is 0.889 bits per heavy atom. The van der Waals surface area contributed by atoms with E-state index in [2.05, 4.69) is 0 Å². The summed E-state index contributed by atoms with van der Waals surface area (Å²) in [4.78, 5) is 13.5. The predicted octanol–water partition coefficient (Wildman–Crippen LogP) is 2.44. The first-order valence-corrected chi connectivity index (χ1v) is 9.92. The van der Waals surface area contributed by atoms with Gasteiger partial charge in [-0.2, -0.15) is 4.31 Å². The van der Waals surface area contributed by atoms with E-state index in [1.165, 1.54) is 40.7 Å². The van der Waals surface area contributed by atoms with Crippen molar-refractivity contribution < 1.29 is 17.2 Å². The van der Waals surface area contributed by atoms with E-state index in [9.17, 15) is 17.6 Å². The van der Waals surface area contributed by atoms with Crippen LogP contribution >= 0.6 is 0 Å². The SMILES string of the molecule is O=c1ccc2cc(S(=O)(=O)N3CCN(c4ccc(F)cc4)CC3)ccc2o1. The van der Waals surface area contributed by atoms with Gasteiger partial charge in [0.05, 0.1) is 4.90 Å². The van der Waals surface area contributed by atoms with Gasteiger partial charge in [0, 0.05) is 43.3 Å². The van der Waals surface area contributed by atoms with E-state index in [4.69, 9.17) is 4.42 Å². The smallest absolute Gasteiger partial charge is 0.336 e. The van der Waals surface area contributed by atoms with Gasteiger partial charge in [-0.25, -0.2) is 17.6 Å². The zero-order valence-electron chi connectivity index (χ0n) is 14.3. The first-order chi connectivity index (χ1) is 12.9. The molecule has 0 saturated carbocycles. The number of rotatable bonds is 3. The standard InChI is InChI=1S/C19H17FN2O4S/c20-15-2-4-16(5-3-15)21-9-11-22(12-10-21)27(24,25)17-6-7-18-14(13-17)1-8-19(23)26-18/h1-8,13H,9-12H2. The summed E-state index contributed by atoms with van der Waals surface area (Å²) in [6.45, 7) is 1.71. The Hall–Kier alpha value is -2.71. The van der Waals surface area contributed by atoms with Crippen molar-refractivity contribution in [1.29, 1.82) is 0 Å². The van der Waals surface area contributed by atoms with Gasteiger partial charge in [-0.1, -0.05) is 0 Å². The van der Waals surface area contributed by atoms with E-state index in [0.29, 0.717) is 37.1 Å². The van der Waals surface area contributed by atoms with Crippen LogP contribution in [0, 0.1) is 5.82 Å². The Balaban J connectivity index is 1.54. The molecular weight excluding hydrogens is 371 g/mol. The molecule has 0 amide bonds. The summed E-state index contributed by atoms with van der Waals surface area (Å²) in [5.74, 6) is -0.299. The fourth-order valence-corrected chi connectivity index (χ4v) is 4.66. The molecule has 27 heavy (non-hydrogen) atoms. The lowest BCUT2D eigenvalue weighted by Crippen LogP contribution is -2.48. The summed E-state index contributed by atoms with van der Waals surface area (Å²) in [6.07, 6.45) is 0. The molecule has 8 heteroatoms. The van der Waals surface area contributed by atoms with E-state index in [1.807, 2.05) is 4.90 Å². The second-order valence-corrected chi connectivity index (χ2v) is 8.26. The minimum absolute atomic E-state index is 0.166. The third-order valence-electron chi connectivity index (χ3n) is 4.66. The Bertz CT molecular complexity index is 1130. The Morgan fingerprint density at radius 3 is 2.30 bits per heavy atom. The minimum Gasteiger partial charge on any atom is -0.423 e. The molecule has 2 heterocycles. The highest BCUT2D eigenvalue weighted by Gasteiger charge is 2.28. The van der Waals surface area contributed by atoms with E-state index in [-0.39, 0.29) is 10.7 Å². The van der Waals surface area contributed by atoms with Crippen molar-refractivity contribution in [2.75, 3.05) is 31.1 Å². The normalized spacial score (nSPS) is 16.0. The zero-order chi connectivity index (χ0) is 19.0. The second-order valence-electron chi connectivity index (χ2n) is 6.32. The fourth-order valence-electron chi connectivity index (χ4n) is 3.20. The van der Waals surface area contributed by atoms with E-state index < -0.39 is 15.6 Å². The van der Waals surface area contributed by atoms with Gasteiger partial charge in [-0.05, 0) is 48.5 Å². The lowest BCUT2D eigenvalue weighted by molar-refractivity contribution is 0.385. The Morgan fingerprint density at radius 2 is 1.59 bits per heavy atom. The number of hydrogen-bond donors (Lipinski definition) is 0. The van der Waals surface area contributed by atoms with Gasteiger partial charge in [-0.3, -0.25) is 0 Å². The van der Waals surface area contributed by atoms with E-state index in [0.717, 1.165) is 5.69 Å². The van der Waals surface area contributed by atoms with Crippen LogP contribution in [0.15, 0.2) is 68.7 Å². The van der Waals surface area contributed by atoms with Crippen molar-refractivity contribution >= 4 is 26.7 Å². The molecular formula is C19H17FN2O4S. The molecule has 0 radical (unpaired) electrons. The molecule has 1 aromatic heterocycles. The van der Waals surface area contributed by atoms with Crippen molar-refractivity contribution in [2.24, 2.45) is 0 Å². The van der Waals surface area contributed by atoms with Gasteiger partial charge in [-0.15, -0.1) is 0 Å². The molecule has 0 atom stereocenters. The monoisotopic (exact) mass is 388 g/mol. The molecule has 1 aliphatic heterocycles. The molecule has 6 nitrogen and oxygen atoms in total. The van der Waals surface area contributed by atoms with Gasteiger partial charge >= 0.3 is 5.63 Å². The van der Waals surface area contributed by atoms with Crippen LogP contribution in [0.2, 0.25) is 0 Å². The maximum Gasteiger partial charge on any atom is 0.336 e. The zero-order valence-corrected chi connectivity index (χ0v) is 15.2. The van der Waals surface area contributed by atoms with Crippen LogP contribution in [0.1, 0.15) is 0 Å². The van der Waals surface area contributed by atoms with Crippen molar-refractivity contribution in [2.45, 2.75) is 4.90 Å². The maximum absolute atomic E-state index is 13.1. The highest BCUT2D eigenvalue weighted by atomic mass is 32.2. The molecule has 0 unspecified atom stereocenters. The lowest BCUT2D eigenvalue weighted by atomic mass is 10.2. The van der Waals surface area contributed by atoms with Gasteiger partial charge in [0.15, 0.2) is 0 Å². The number of anilines is 1. The number of halogens is 1. The topological polar surface area (TPSA) is 70.8 Å². The molecule has 2 aromatic carbocycles. The summed E-state index contributed by atoms with van der Waals surface area (Å²) in [7, 11) is -3.65. The summed E-state index contributed by atoms with van der Waals surface area (Å²) in [5.41, 5.74) is 0.742. The van der Waals surface area contributed by atoms with Crippen LogP contribution in [0.4, 0.5) is 10.1 Å². The van der Waals surface area contributed by atoms with Gasteiger partial charge in [0.25, 0.3) is 0 Å². The molecule has 0 N–H and O–H groups in total. The first kappa shape index (κ1) is 17.7. The third kappa shape index (κ3) is 3.45. The summed E-state index contributed by atoms with van der Waals surface area (Å²) in [5, 5.41) is 0.556. The van der Waals surface area contributed by atoms with Gasteiger partial charge in [0.2, 0.25) is 10.0 Å². The first-order valence-electron chi connectivity index (χ1n) is 8.48. The molecule has 1 saturated heterocycles. The fraction of sp³-hybridized carbons (Fsp3) is 0.211. The molecule has 1 aliphatic rings. The third-order valence-corrected chi connectivity index (χ3v) is 6.55. The highest BCUT2D eigenvalue weighted by Crippen LogP contribution is 2.24. The molecule has 0 aliphatic carbocycles. The number of sulfonamides is 1. The van der Waals surface area contributed by atoms with Crippen molar-refractivity contribution in [3.8, 4) is 0 Å². The van der Waals surface area contributed by atoms with Gasteiger partial charge < -0.3 is 9.32 Å². The molecule has 0 bridgehead atoms. The molecule has 3 aromatic rings. The van der Waals surface area contributed by atoms with E-state index >= 15 is 0 Å². The van der Waals surface area contributed by atoms with Crippen LogP contribution in [-0.4, -0.2) is 38.9 Å². The average Bonchev–Trinajstić information content (AvgIpc) is 2.68. The van der Waals surface area contributed by atoms with Crippen molar-refractivity contribution in [3.05, 3.63) is 70.8 Å². The van der Waals surface area contributed by atoms with Crippen molar-refractivity contribution in [3.63, 3.8) is 0 Å². The predicted molar refractivity (Wildman–Crippen MR) is 99.9 cm³/mol. The number of benzene rings is 2. The largest absolute Gasteiger partial charge is 0.423 e.